The van der Waals surface area contributed by atoms with Crippen molar-refractivity contribution in [3.63, 3.8) is 0 Å². The summed E-state index contributed by atoms with van der Waals surface area (Å²) in [5.41, 5.74) is 6.09. The molecule has 21 heteroatoms. The molecule has 9 N–H and O–H groups in total. The fraction of sp³-hybridized carbons (Fsp3) is 0.667. The van der Waals surface area contributed by atoms with Crippen LogP contribution in [0.5, 0.6) is 0 Å². The minimum atomic E-state index is -5.31. The van der Waals surface area contributed by atoms with Gasteiger partial charge in [0.15, 0.2) is 24.0 Å². The number of ether oxygens (including phenoxy) is 2. The Morgan fingerprint density at radius 2 is 1.47 bits per heavy atom. The van der Waals surface area contributed by atoms with Gasteiger partial charge in [-0.15, -0.1) is 0 Å². The predicted octanol–water partition coefficient (Wildman–Crippen LogP) is -3.28. The Morgan fingerprint density at radius 1 is 0.889 bits per heavy atom. The van der Waals surface area contributed by atoms with Gasteiger partial charge in [0.25, 0.3) is 0 Å². The van der Waals surface area contributed by atoms with Crippen LogP contribution < -0.4 is 5.73 Å². The highest BCUT2D eigenvalue weighted by Gasteiger charge is 2.47. The predicted molar refractivity (Wildman–Crippen MR) is 111 cm³/mol. The van der Waals surface area contributed by atoms with E-state index in [1.807, 2.05) is 0 Å². The molecule has 0 saturated carbocycles. The van der Waals surface area contributed by atoms with Gasteiger partial charge in [-0.05, 0) is 0 Å². The highest BCUT2D eigenvalue weighted by atomic mass is 31.3. The Balaban J connectivity index is 1.34. The van der Waals surface area contributed by atoms with E-state index in [-0.39, 0.29) is 17.0 Å². The first-order valence-electron chi connectivity index (χ1n) is 10.1. The molecule has 36 heavy (non-hydrogen) atoms. The molecule has 2 aliphatic heterocycles. The highest BCUT2D eigenvalue weighted by Crippen LogP contribution is 2.60. The molecule has 2 saturated heterocycles. The molecule has 0 amide bonds. The van der Waals surface area contributed by atoms with E-state index < -0.39 is 78.0 Å². The number of imidazole rings is 1. The van der Waals surface area contributed by atoms with Crippen molar-refractivity contribution >= 4 is 32.6 Å². The van der Waals surface area contributed by atoms with Gasteiger partial charge in [0.1, 0.15) is 48.5 Å². The van der Waals surface area contributed by atoms with Crippen LogP contribution in [-0.4, -0.2) is 111 Å². The van der Waals surface area contributed by atoms with Crippen LogP contribution in [0, 0.1) is 0 Å². The summed E-state index contributed by atoms with van der Waals surface area (Å²) in [6, 6.07) is 0. The van der Waals surface area contributed by atoms with Gasteiger partial charge in [-0.2, -0.15) is 4.31 Å². The first kappa shape index (κ1) is 27.4. The molecule has 19 nitrogen and oxygen atoms in total. The zero-order chi connectivity index (χ0) is 26.4. The number of anilines is 1. The zero-order valence-corrected chi connectivity index (χ0v) is 19.7. The molecular weight excluding hydrogens is 536 g/mol. The number of rotatable bonds is 9. The van der Waals surface area contributed by atoms with Gasteiger partial charge < -0.3 is 50.5 Å². The van der Waals surface area contributed by atoms with Crippen molar-refractivity contribution in [1.82, 2.24) is 19.5 Å². The second-order valence-electron chi connectivity index (χ2n) is 7.79. The number of phosphoric ester groups is 2. The number of nitrogens with zero attached hydrogens (tertiary/aromatic N) is 4. The summed E-state index contributed by atoms with van der Waals surface area (Å²) in [4.78, 5) is 31.3. The van der Waals surface area contributed by atoms with E-state index in [1.165, 1.54) is 10.9 Å². The normalized spacial score (nSPS) is 36.2. The Labute approximate surface area is 200 Å². The quantitative estimate of drug-likeness (QED) is 0.140. The van der Waals surface area contributed by atoms with Crippen LogP contribution in [0.3, 0.4) is 0 Å². The van der Waals surface area contributed by atoms with E-state index in [1.54, 1.807) is 0 Å². The van der Waals surface area contributed by atoms with Crippen LogP contribution in [0.1, 0.15) is 6.23 Å². The zero-order valence-electron chi connectivity index (χ0n) is 17.9. The van der Waals surface area contributed by atoms with Crippen molar-refractivity contribution < 1.29 is 67.3 Å². The number of nitrogens with two attached hydrogens (primary N) is 1. The maximum absolute atomic E-state index is 12.2. The molecule has 4 heterocycles. The lowest BCUT2D eigenvalue weighted by atomic mass is 10.1. The SMILES string of the molecule is Nc1ncnc2c1ncn2[C@@H]1OC(COP(=O)(O)OP(=O)(O)OC[C@H]2O[C@@H](O)[C@H](O)[C@@H]2O)[C@@H](O)[C@H]1O. The van der Waals surface area contributed by atoms with Crippen molar-refractivity contribution in [3.05, 3.63) is 12.7 Å². The lowest BCUT2D eigenvalue weighted by Gasteiger charge is -2.20. The first-order valence-corrected chi connectivity index (χ1v) is 13.1. The molecular formula is C15H23N5O14P2. The molecule has 3 unspecified atom stereocenters. The maximum atomic E-state index is 12.2. The van der Waals surface area contributed by atoms with Crippen molar-refractivity contribution in [2.45, 2.75) is 49.1 Å². The third-order valence-corrected chi connectivity index (χ3v) is 7.95. The summed E-state index contributed by atoms with van der Waals surface area (Å²) in [5, 5.41) is 49.0. The van der Waals surface area contributed by atoms with E-state index in [0.29, 0.717) is 0 Å². The molecule has 202 valence electrons. The third kappa shape index (κ3) is 5.59. The van der Waals surface area contributed by atoms with Crippen molar-refractivity contribution in [3.8, 4) is 0 Å². The van der Waals surface area contributed by atoms with Crippen molar-refractivity contribution in [1.29, 1.82) is 0 Å². The average Bonchev–Trinajstić information content (AvgIpc) is 3.42. The maximum Gasteiger partial charge on any atom is 0.481 e. The lowest BCUT2D eigenvalue weighted by molar-refractivity contribution is -0.132. The van der Waals surface area contributed by atoms with E-state index in [9.17, 15) is 44.4 Å². The smallest absolute Gasteiger partial charge is 0.387 e. The van der Waals surface area contributed by atoms with E-state index >= 15 is 0 Å². The van der Waals surface area contributed by atoms with Crippen LogP contribution in [0.15, 0.2) is 12.7 Å². The molecule has 2 aromatic rings. The van der Waals surface area contributed by atoms with Crippen LogP contribution in [0.2, 0.25) is 0 Å². The molecule has 2 aliphatic rings. The van der Waals surface area contributed by atoms with Gasteiger partial charge in [0.2, 0.25) is 0 Å². The summed E-state index contributed by atoms with van der Waals surface area (Å²) >= 11 is 0. The fourth-order valence-electron chi connectivity index (χ4n) is 3.53. The monoisotopic (exact) mass is 559 g/mol. The summed E-state index contributed by atoms with van der Waals surface area (Å²) in [7, 11) is -10.6. The molecule has 0 aromatic carbocycles. The van der Waals surface area contributed by atoms with Gasteiger partial charge in [-0.1, -0.05) is 0 Å². The van der Waals surface area contributed by atoms with E-state index in [2.05, 4.69) is 28.3 Å². The molecule has 10 atom stereocenters. The fourth-order valence-corrected chi connectivity index (χ4v) is 5.62. The van der Waals surface area contributed by atoms with Gasteiger partial charge in [-0.3, -0.25) is 13.6 Å². The second-order valence-corrected chi connectivity index (χ2v) is 10.8. The van der Waals surface area contributed by atoms with Gasteiger partial charge >= 0.3 is 15.6 Å². The minimum absolute atomic E-state index is 0.0575. The van der Waals surface area contributed by atoms with Crippen LogP contribution in [0.4, 0.5) is 5.82 Å². The minimum Gasteiger partial charge on any atom is -0.387 e. The highest BCUT2D eigenvalue weighted by molar-refractivity contribution is 7.61. The van der Waals surface area contributed by atoms with Crippen LogP contribution >= 0.6 is 15.6 Å². The molecule has 0 radical (unpaired) electrons. The summed E-state index contributed by atoms with van der Waals surface area (Å²) in [6.45, 7) is -1.79. The molecule has 0 aliphatic carbocycles. The number of fused-ring (bicyclic) bond motifs is 1. The Bertz CT molecular complexity index is 1180. The topological polar surface area (TPSA) is 292 Å². The van der Waals surface area contributed by atoms with E-state index in [0.717, 1.165) is 6.33 Å². The Hall–Kier alpha value is -1.67. The lowest BCUT2D eigenvalue weighted by Crippen LogP contribution is -2.34. The number of hydrogen-bond donors (Lipinski definition) is 8. The van der Waals surface area contributed by atoms with Crippen LogP contribution in [0.25, 0.3) is 11.2 Å². The Kier molecular flexibility index (Phi) is 7.78. The number of aromatic nitrogens is 4. The van der Waals surface area contributed by atoms with Crippen molar-refractivity contribution in [2.75, 3.05) is 18.9 Å². The van der Waals surface area contributed by atoms with Gasteiger partial charge in [-0.25, -0.2) is 24.1 Å². The summed E-state index contributed by atoms with van der Waals surface area (Å²) < 4.78 is 48.8. The largest absolute Gasteiger partial charge is 0.481 e. The number of hydrogen-bond acceptors (Lipinski definition) is 16. The molecule has 0 spiro atoms. The molecule has 2 fully saturated rings. The van der Waals surface area contributed by atoms with Gasteiger partial charge in [0.05, 0.1) is 19.5 Å². The molecule has 0 bridgehead atoms. The first-order chi connectivity index (χ1) is 16.8. The second kappa shape index (κ2) is 10.2. The number of aliphatic hydroxyl groups is 5. The standard InChI is InChI=1S/C15H23N5O14P2/c16-12-7-13(18-3-17-12)20(4-19-7)14-10(23)8(21)5(32-14)1-30-35(26,27)34-36(28,29)31-2-6-9(22)11(24)15(25)33-6/h3-6,8-11,14-15,21-25H,1-2H2,(H,26,27)(H,28,29)(H2,16,17,18)/t5?,6-,8-,9-,10-,11-,14-,15-/m1/s1. The average molecular weight is 559 g/mol. The number of phosphoric acid groups is 2. The van der Waals surface area contributed by atoms with Gasteiger partial charge in [0, 0.05) is 0 Å². The van der Waals surface area contributed by atoms with E-state index in [4.69, 9.17) is 15.2 Å². The summed E-state index contributed by atoms with van der Waals surface area (Å²) in [5.74, 6) is 0.0575. The van der Waals surface area contributed by atoms with Crippen LogP contribution in [-0.2, 0) is 32.0 Å². The molecule has 4 rings (SSSR count). The Morgan fingerprint density at radius 3 is 2.06 bits per heavy atom. The number of nitrogen functional groups attached to an aromatic ring is 1. The summed E-state index contributed by atoms with van der Waals surface area (Å²) in [6.07, 6.45) is -10.1. The number of aliphatic hydroxyl groups excluding tert-OH is 5. The third-order valence-electron chi connectivity index (χ3n) is 5.35. The van der Waals surface area contributed by atoms with Crippen molar-refractivity contribution in [2.24, 2.45) is 0 Å². The molecule has 2 aromatic heterocycles.